The Morgan fingerprint density at radius 1 is 1.06 bits per heavy atom. The number of piperidine rings is 1. The van der Waals surface area contributed by atoms with E-state index in [-0.39, 0.29) is 18.0 Å². The van der Waals surface area contributed by atoms with Crippen LogP contribution in [0.2, 0.25) is 0 Å². The van der Waals surface area contributed by atoms with E-state index in [1.165, 1.54) is 9.13 Å². The number of carbonyl (C=O) groups is 3. The number of amides is 3. The largest absolute Gasteiger partial charge is 0.444 e. The number of imide groups is 1. The summed E-state index contributed by atoms with van der Waals surface area (Å²) in [5.41, 5.74) is 3.27. The second-order valence-electron chi connectivity index (χ2n) is 9.43. The molecule has 1 aliphatic heterocycles. The number of aryl methyl sites for hydroxylation is 1. The van der Waals surface area contributed by atoms with Crippen LogP contribution in [0.1, 0.15) is 45.2 Å². The number of fused-ring (bicyclic) bond motifs is 1. The monoisotopic (exact) mass is 464 g/mol. The van der Waals surface area contributed by atoms with Crippen molar-refractivity contribution in [1.82, 2.24) is 19.8 Å². The number of benzene rings is 2. The van der Waals surface area contributed by atoms with E-state index in [9.17, 15) is 19.2 Å². The third-order valence-corrected chi connectivity index (χ3v) is 5.73. The lowest BCUT2D eigenvalue weighted by molar-refractivity contribution is -0.135. The Bertz CT molecular complexity index is 1330. The number of rotatable bonds is 4. The summed E-state index contributed by atoms with van der Waals surface area (Å²) in [4.78, 5) is 48.7. The molecule has 1 saturated heterocycles. The molecule has 0 saturated carbocycles. The molecule has 3 aromatic rings. The maximum absolute atomic E-state index is 12.9. The van der Waals surface area contributed by atoms with E-state index in [0.717, 1.165) is 16.7 Å². The lowest BCUT2D eigenvalue weighted by Gasteiger charge is -2.21. The van der Waals surface area contributed by atoms with Gasteiger partial charge in [-0.3, -0.25) is 24.0 Å². The fourth-order valence-electron chi connectivity index (χ4n) is 4.08. The van der Waals surface area contributed by atoms with Crippen molar-refractivity contribution in [3.63, 3.8) is 0 Å². The molecule has 4 rings (SSSR count). The Balaban J connectivity index is 1.56. The minimum Gasteiger partial charge on any atom is -0.444 e. The maximum Gasteiger partial charge on any atom is 0.407 e. The topological polar surface area (TPSA) is 111 Å². The normalized spacial score (nSPS) is 16.4. The summed E-state index contributed by atoms with van der Waals surface area (Å²) in [7, 11) is 1.67. The number of nitrogens with one attached hydrogen (secondary N) is 2. The lowest BCUT2D eigenvalue weighted by Crippen LogP contribution is -2.44. The summed E-state index contributed by atoms with van der Waals surface area (Å²) < 4.78 is 8.23. The molecule has 2 heterocycles. The summed E-state index contributed by atoms with van der Waals surface area (Å²) in [5, 5.41) is 5.06. The van der Waals surface area contributed by atoms with Gasteiger partial charge in [-0.25, -0.2) is 9.59 Å². The maximum atomic E-state index is 12.9. The molecule has 0 radical (unpaired) electrons. The van der Waals surface area contributed by atoms with Crippen molar-refractivity contribution in [3.05, 3.63) is 58.5 Å². The second kappa shape index (κ2) is 8.81. The molecular weight excluding hydrogens is 436 g/mol. The summed E-state index contributed by atoms with van der Waals surface area (Å²) in [6.07, 6.45) is 0.0277. The van der Waals surface area contributed by atoms with E-state index in [2.05, 4.69) is 10.6 Å². The number of alkyl carbamates (subject to hydrolysis) is 1. The Labute approximate surface area is 196 Å². The molecule has 1 atom stereocenters. The quantitative estimate of drug-likeness (QED) is 0.577. The number of nitrogens with zero attached hydrogens (tertiary/aromatic N) is 2. The zero-order valence-corrected chi connectivity index (χ0v) is 19.7. The zero-order chi connectivity index (χ0) is 24.6. The predicted molar refractivity (Wildman–Crippen MR) is 127 cm³/mol. The minimum atomic E-state index is -0.712. The van der Waals surface area contributed by atoms with Gasteiger partial charge < -0.3 is 10.1 Å². The highest BCUT2D eigenvalue weighted by atomic mass is 16.6. The molecule has 2 N–H and O–H groups in total. The molecule has 178 valence electrons. The highest BCUT2D eigenvalue weighted by molar-refractivity contribution is 6.00. The van der Waals surface area contributed by atoms with Gasteiger partial charge in [0.2, 0.25) is 11.8 Å². The van der Waals surface area contributed by atoms with Gasteiger partial charge >= 0.3 is 11.8 Å². The Morgan fingerprint density at radius 3 is 2.38 bits per heavy atom. The van der Waals surface area contributed by atoms with E-state index in [1.54, 1.807) is 7.05 Å². The van der Waals surface area contributed by atoms with E-state index < -0.39 is 23.6 Å². The first-order valence-electron chi connectivity index (χ1n) is 11.1. The number of aromatic nitrogens is 2. The van der Waals surface area contributed by atoms with Crippen LogP contribution in [0.3, 0.4) is 0 Å². The summed E-state index contributed by atoms with van der Waals surface area (Å²) in [6, 6.07) is 12.7. The first-order valence-corrected chi connectivity index (χ1v) is 11.1. The SMILES string of the molecule is Cn1c(=O)n(C2CCC(=O)NC2=O)c2ccc(-c3ccc(CNC(=O)OC(C)(C)C)cc3)cc21. The van der Waals surface area contributed by atoms with Crippen LogP contribution in [-0.4, -0.2) is 32.6 Å². The number of hydrogen-bond acceptors (Lipinski definition) is 5. The molecule has 2 aromatic carbocycles. The molecular formula is C25H28N4O5. The van der Waals surface area contributed by atoms with E-state index in [4.69, 9.17) is 4.74 Å². The highest BCUT2D eigenvalue weighted by Crippen LogP contribution is 2.27. The van der Waals surface area contributed by atoms with Crippen molar-refractivity contribution in [2.24, 2.45) is 7.05 Å². The van der Waals surface area contributed by atoms with Gasteiger partial charge in [-0.1, -0.05) is 30.3 Å². The van der Waals surface area contributed by atoms with Gasteiger partial charge in [-0.2, -0.15) is 0 Å². The number of carbonyl (C=O) groups excluding carboxylic acids is 3. The van der Waals surface area contributed by atoms with Crippen LogP contribution in [0, 0.1) is 0 Å². The van der Waals surface area contributed by atoms with Gasteiger partial charge in [-0.05, 0) is 56.0 Å². The van der Waals surface area contributed by atoms with Crippen LogP contribution >= 0.6 is 0 Å². The highest BCUT2D eigenvalue weighted by Gasteiger charge is 2.31. The van der Waals surface area contributed by atoms with Crippen LogP contribution < -0.4 is 16.3 Å². The number of hydrogen-bond donors (Lipinski definition) is 2. The van der Waals surface area contributed by atoms with Gasteiger partial charge in [0.25, 0.3) is 0 Å². The first kappa shape index (κ1) is 23.3. The Hall–Kier alpha value is -3.88. The fourth-order valence-corrected chi connectivity index (χ4v) is 4.08. The molecule has 1 unspecified atom stereocenters. The molecule has 1 aromatic heterocycles. The van der Waals surface area contributed by atoms with Gasteiger partial charge in [0.05, 0.1) is 11.0 Å². The van der Waals surface area contributed by atoms with Crippen LogP contribution in [0.4, 0.5) is 4.79 Å². The zero-order valence-electron chi connectivity index (χ0n) is 19.7. The average Bonchev–Trinajstić information content (AvgIpc) is 3.01. The molecule has 3 amide bonds. The smallest absolute Gasteiger partial charge is 0.407 e. The number of imidazole rings is 1. The Kier molecular flexibility index (Phi) is 6.03. The van der Waals surface area contributed by atoms with Crippen molar-refractivity contribution in [1.29, 1.82) is 0 Å². The molecule has 0 spiro atoms. The summed E-state index contributed by atoms with van der Waals surface area (Å²) in [6.45, 7) is 5.78. The summed E-state index contributed by atoms with van der Waals surface area (Å²) >= 11 is 0. The first-order chi connectivity index (χ1) is 16.0. The van der Waals surface area contributed by atoms with Crippen LogP contribution in [-0.2, 0) is 27.9 Å². The van der Waals surface area contributed by atoms with Crippen molar-refractivity contribution < 1.29 is 19.1 Å². The van der Waals surface area contributed by atoms with Crippen LogP contribution in [0.5, 0.6) is 0 Å². The third-order valence-electron chi connectivity index (χ3n) is 5.73. The molecule has 1 fully saturated rings. The molecule has 1 aliphatic rings. The molecule has 34 heavy (non-hydrogen) atoms. The van der Waals surface area contributed by atoms with Crippen molar-refractivity contribution in [2.45, 2.75) is 51.8 Å². The molecule has 9 nitrogen and oxygen atoms in total. The van der Waals surface area contributed by atoms with Crippen LogP contribution in [0.25, 0.3) is 22.2 Å². The minimum absolute atomic E-state index is 0.201. The van der Waals surface area contributed by atoms with E-state index in [0.29, 0.717) is 24.0 Å². The predicted octanol–water partition coefficient (Wildman–Crippen LogP) is 3.01. The fraction of sp³-hybridized carbons (Fsp3) is 0.360. The average molecular weight is 465 g/mol. The van der Waals surface area contributed by atoms with Crippen molar-refractivity contribution >= 4 is 28.9 Å². The molecule has 9 heteroatoms. The van der Waals surface area contributed by atoms with Gasteiger partial charge in [0, 0.05) is 20.0 Å². The van der Waals surface area contributed by atoms with Crippen molar-refractivity contribution in [2.75, 3.05) is 0 Å². The molecule has 0 aliphatic carbocycles. The summed E-state index contributed by atoms with van der Waals surface area (Å²) in [5.74, 6) is -0.771. The third kappa shape index (κ3) is 4.73. The Morgan fingerprint density at radius 2 is 1.74 bits per heavy atom. The van der Waals surface area contributed by atoms with E-state index in [1.807, 2.05) is 63.2 Å². The number of ether oxygens (including phenoxy) is 1. The van der Waals surface area contributed by atoms with Gasteiger partial charge in [0.15, 0.2) is 0 Å². The standard InChI is InChI=1S/C25H28N4O5/c1-25(2,3)34-23(32)26-14-15-5-7-16(8-6-15)17-9-10-18-20(13-17)28(4)24(33)29(18)19-11-12-21(30)27-22(19)31/h5-10,13,19H,11-12,14H2,1-4H3,(H,26,32)(H,27,30,31). The van der Waals surface area contributed by atoms with E-state index >= 15 is 0 Å². The van der Waals surface area contributed by atoms with Crippen molar-refractivity contribution in [3.8, 4) is 11.1 Å². The van der Waals surface area contributed by atoms with Gasteiger partial charge in [0.1, 0.15) is 11.6 Å². The lowest BCUT2D eigenvalue weighted by atomic mass is 10.0. The van der Waals surface area contributed by atoms with Crippen LogP contribution in [0.15, 0.2) is 47.3 Å². The van der Waals surface area contributed by atoms with Gasteiger partial charge in [-0.15, -0.1) is 0 Å². The second-order valence-corrected chi connectivity index (χ2v) is 9.43. The molecule has 0 bridgehead atoms.